The molecule has 1 heterocycles. The monoisotopic (exact) mass is 399 g/mol. The van der Waals surface area contributed by atoms with E-state index >= 15 is 0 Å². The van der Waals surface area contributed by atoms with Gasteiger partial charge in [0.1, 0.15) is 5.82 Å². The Balaban J connectivity index is 1.97. The molecule has 122 valence electrons. The summed E-state index contributed by atoms with van der Waals surface area (Å²) in [6.45, 7) is 3.80. The van der Waals surface area contributed by atoms with Crippen LogP contribution in [0.3, 0.4) is 0 Å². The zero-order valence-electron chi connectivity index (χ0n) is 12.6. The number of thiazole rings is 1. The molecule has 0 aliphatic heterocycles. The van der Waals surface area contributed by atoms with E-state index in [2.05, 4.69) is 31.4 Å². The molecule has 0 radical (unpaired) electrons. The largest absolute Gasteiger partial charge is 0.466 e. The zero-order valence-corrected chi connectivity index (χ0v) is 15.0. The summed E-state index contributed by atoms with van der Waals surface area (Å²) in [5.74, 6) is -0.580. The number of aryl methyl sites for hydroxylation is 1. The smallest absolute Gasteiger partial charge is 0.311 e. The molecule has 1 aromatic heterocycles. The SMILES string of the molecule is CCOC(=O)Cc1csc(NN=Cc2cc(C)c(F)cc2Br)n1. The van der Waals surface area contributed by atoms with Crippen LogP contribution in [0.25, 0.3) is 0 Å². The molecular formula is C15H15BrFN3O2S. The van der Waals surface area contributed by atoms with Crippen LogP contribution in [-0.4, -0.2) is 23.8 Å². The van der Waals surface area contributed by atoms with Crippen LogP contribution in [0.4, 0.5) is 9.52 Å². The number of nitrogens with one attached hydrogen (secondary N) is 1. The third kappa shape index (κ3) is 5.11. The Hall–Kier alpha value is -1.80. The lowest BCUT2D eigenvalue weighted by atomic mass is 10.1. The number of benzene rings is 1. The standard InChI is InChI=1S/C15H15BrFN3O2S/c1-3-22-14(21)5-11-8-23-15(19-11)20-18-7-10-4-9(2)13(17)6-12(10)16/h4,6-8H,3,5H2,1-2H3,(H,19,20). The second kappa shape index (κ2) is 8.16. The Morgan fingerprint density at radius 1 is 1.57 bits per heavy atom. The number of rotatable bonds is 6. The summed E-state index contributed by atoms with van der Waals surface area (Å²) in [5.41, 5.74) is 4.71. The van der Waals surface area contributed by atoms with Crippen molar-refractivity contribution in [3.63, 3.8) is 0 Å². The van der Waals surface area contributed by atoms with Gasteiger partial charge < -0.3 is 4.74 Å². The number of carbonyl (C=O) groups is 1. The molecule has 5 nitrogen and oxygen atoms in total. The van der Waals surface area contributed by atoms with Crippen molar-refractivity contribution in [3.8, 4) is 0 Å². The van der Waals surface area contributed by atoms with Crippen molar-refractivity contribution < 1.29 is 13.9 Å². The van der Waals surface area contributed by atoms with Crippen molar-refractivity contribution in [2.75, 3.05) is 12.0 Å². The Morgan fingerprint density at radius 3 is 3.09 bits per heavy atom. The topological polar surface area (TPSA) is 63.6 Å². The third-order valence-electron chi connectivity index (χ3n) is 2.82. The van der Waals surface area contributed by atoms with E-state index in [1.165, 1.54) is 17.4 Å². The molecule has 1 aromatic carbocycles. The van der Waals surface area contributed by atoms with E-state index in [-0.39, 0.29) is 18.2 Å². The van der Waals surface area contributed by atoms with Crippen LogP contribution in [0, 0.1) is 12.7 Å². The van der Waals surface area contributed by atoms with Gasteiger partial charge in [-0.25, -0.2) is 9.37 Å². The molecule has 23 heavy (non-hydrogen) atoms. The van der Waals surface area contributed by atoms with Crippen molar-refractivity contribution in [1.29, 1.82) is 0 Å². The molecule has 0 bridgehead atoms. The number of esters is 1. The van der Waals surface area contributed by atoms with Gasteiger partial charge in [0.25, 0.3) is 0 Å². The second-order valence-corrected chi connectivity index (χ2v) is 6.33. The van der Waals surface area contributed by atoms with Crippen LogP contribution < -0.4 is 5.43 Å². The molecule has 8 heteroatoms. The van der Waals surface area contributed by atoms with Gasteiger partial charge in [-0.2, -0.15) is 5.10 Å². The van der Waals surface area contributed by atoms with Gasteiger partial charge in [-0.3, -0.25) is 10.2 Å². The fourth-order valence-electron chi connectivity index (χ4n) is 1.73. The molecule has 0 saturated carbocycles. The number of hydrogen-bond acceptors (Lipinski definition) is 6. The molecule has 2 aromatic rings. The number of aromatic nitrogens is 1. The zero-order chi connectivity index (χ0) is 16.8. The average Bonchev–Trinajstić information content (AvgIpc) is 2.92. The molecular weight excluding hydrogens is 385 g/mol. The molecule has 2 rings (SSSR count). The van der Waals surface area contributed by atoms with Crippen molar-refractivity contribution in [2.45, 2.75) is 20.3 Å². The molecule has 0 unspecified atom stereocenters. The lowest BCUT2D eigenvalue weighted by molar-refractivity contribution is -0.142. The summed E-state index contributed by atoms with van der Waals surface area (Å²) in [6.07, 6.45) is 1.71. The minimum absolute atomic E-state index is 0.137. The van der Waals surface area contributed by atoms with Crippen LogP contribution in [0.1, 0.15) is 23.7 Å². The van der Waals surface area contributed by atoms with E-state index in [0.29, 0.717) is 27.5 Å². The Labute approximate surface area is 145 Å². The normalized spacial score (nSPS) is 11.0. The maximum absolute atomic E-state index is 13.4. The average molecular weight is 400 g/mol. The Bertz CT molecular complexity index is 734. The van der Waals surface area contributed by atoms with Gasteiger partial charge in [0.2, 0.25) is 5.13 Å². The lowest BCUT2D eigenvalue weighted by Crippen LogP contribution is -2.07. The van der Waals surface area contributed by atoms with Gasteiger partial charge >= 0.3 is 5.97 Å². The van der Waals surface area contributed by atoms with Gasteiger partial charge in [-0.05, 0) is 31.5 Å². The number of hydrazone groups is 1. The van der Waals surface area contributed by atoms with Gasteiger partial charge in [-0.1, -0.05) is 15.9 Å². The highest BCUT2D eigenvalue weighted by Crippen LogP contribution is 2.20. The first kappa shape index (κ1) is 17.6. The maximum Gasteiger partial charge on any atom is 0.311 e. The first-order valence-electron chi connectivity index (χ1n) is 6.84. The molecule has 1 N–H and O–H groups in total. The van der Waals surface area contributed by atoms with Gasteiger partial charge in [-0.15, -0.1) is 11.3 Å². The van der Waals surface area contributed by atoms with E-state index in [1.807, 2.05) is 0 Å². The maximum atomic E-state index is 13.4. The predicted molar refractivity (Wildman–Crippen MR) is 92.5 cm³/mol. The van der Waals surface area contributed by atoms with Crippen molar-refractivity contribution >= 4 is 44.6 Å². The fraction of sp³-hybridized carbons (Fsp3) is 0.267. The Kier molecular flexibility index (Phi) is 6.23. The van der Waals surface area contributed by atoms with E-state index in [1.54, 1.807) is 31.5 Å². The number of carbonyl (C=O) groups excluding carboxylic acids is 1. The van der Waals surface area contributed by atoms with Gasteiger partial charge in [0.15, 0.2) is 0 Å². The number of halogens is 2. The molecule has 0 spiro atoms. The van der Waals surface area contributed by atoms with E-state index in [9.17, 15) is 9.18 Å². The minimum Gasteiger partial charge on any atom is -0.466 e. The van der Waals surface area contributed by atoms with E-state index in [0.717, 1.165) is 5.56 Å². The number of hydrogen-bond donors (Lipinski definition) is 1. The highest BCUT2D eigenvalue weighted by Gasteiger charge is 2.08. The van der Waals surface area contributed by atoms with E-state index < -0.39 is 0 Å². The number of ether oxygens (including phenoxy) is 1. The van der Waals surface area contributed by atoms with Crippen LogP contribution in [0.2, 0.25) is 0 Å². The highest BCUT2D eigenvalue weighted by atomic mass is 79.9. The molecule has 0 saturated heterocycles. The molecule has 0 aliphatic rings. The van der Waals surface area contributed by atoms with Crippen LogP contribution in [0.15, 0.2) is 27.1 Å². The van der Waals surface area contributed by atoms with Crippen LogP contribution in [0.5, 0.6) is 0 Å². The summed E-state index contributed by atoms with van der Waals surface area (Å²) in [4.78, 5) is 15.6. The van der Waals surface area contributed by atoms with Gasteiger partial charge in [0.05, 0.1) is 24.9 Å². The van der Waals surface area contributed by atoms with Crippen LogP contribution in [-0.2, 0) is 16.0 Å². The fourth-order valence-corrected chi connectivity index (χ4v) is 2.81. The summed E-state index contributed by atoms with van der Waals surface area (Å²) < 4.78 is 18.9. The first-order valence-corrected chi connectivity index (χ1v) is 8.51. The van der Waals surface area contributed by atoms with Crippen molar-refractivity contribution in [2.24, 2.45) is 5.10 Å². The molecule has 0 amide bonds. The predicted octanol–water partition coefficient (Wildman–Crippen LogP) is 3.90. The number of nitrogens with zero attached hydrogens (tertiary/aromatic N) is 2. The minimum atomic E-state index is -0.307. The summed E-state index contributed by atoms with van der Waals surface area (Å²) in [7, 11) is 0. The van der Waals surface area contributed by atoms with Gasteiger partial charge in [0, 0.05) is 15.4 Å². The van der Waals surface area contributed by atoms with Crippen molar-refractivity contribution in [1.82, 2.24) is 4.98 Å². The summed E-state index contributed by atoms with van der Waals surface area (Å²) in [6, 6.07) is 3.09. The number of anilines is 1. The van der Waals surface area contributed by atoms with Crippen LogP contribution >= 0.6 is 27.3 Å². The lowest BCUT2D eigenvalue weighted by Gasteiger charge is -2.02. The summed E-state index contributed by atoms with van der Waals surface area (Å²) >= 11 is 4.63. The molecule has 0 atom stereocenters. The third-order valence-corrected chi connectivity index (χ3v) is 4.31. The Morgan fingerprint density at radius 2 is 2.35 bits per heavy atom. The highest BCUT2D eigenvalue weighted by molar-refractivity contribution is 9.10. The first-order chi connectivity index (χ1) is 11.0. The molecule has 0 fully saturated rings. The quantitative estimate of drug-likeness (QED) is 0.454. The molecule has 0 aliphatic carbocycles. The van der Waals surface area contributed by atoms with E-state index in [4.69, 9.17) is 4.74 Å². The van der Waals surface area contributed by atoms with Crippen molar-refractivity contribution in [3.05, 3.63) is 44.6 Å². The second-order valence-electron chi connectivity index (χ2n) is 4.62. The summed E-state index contributed by atoms with van der Waals surface area (Å²) in [5, 5.41) is 6.41.